The van der Waals surface area contributed by atoms with Gasteiger partial charge in [0.15, 0.2) is 0 Å². The molecule has 2 heterocycles. The van der Waals surface area contributed by atoms with E-state index in [4.69, 9.17) is 5.73 Å². The molecule has 3 aliphatic rings. The first-order chi connectivity index (χ1) is 13.5. The van der Waals surface area contributed by atoms with Gasteiger partial charge < -0.3 is 21.3 Å². The molecule has 1 aromatic carbocycles. The van der Waals surface area contributed by atoms with Crippen LogP contribution in [0.3, 0.4) is 0 Å². The van der Waals surface area contributed by atoms with Gasteiger partial charge in [-0.15, -0.1) is 0 Å². The number of primary amides is 1. The van der Waals surface area contributed by atoms with Crippen LogP contribution in [0.1, 0.15) is 42.5 Å². The molecule has 4 rings (SSSR count). The largest absolute Gasteiger partial charge is 0.369 e. The van der Waals surface area contributed by atoms with E-state index in [0.717, 1.165) is 32.4 Å². The number of carbonyl (C=O) groups excluding carboxylic acids is 3. The first-order valence-electron chi connectivity index (χ1n) is 10.2. The number of anilines is 1. The topological polar surface area (TPSA) is 105 Å². The highest BCUT2D eigenvalue weighted by atomic mass is 16.2. The third-order valence-corrected chi connectivity index (χ3v) is 6.71. The maximum atomic E-state index is 13.0. The lowest BCUT2D eigenvalue weighted by atomic mass is 9.91. The molecule has 1 atom stereocenters. The Morgan fingerprint density at radius 3 is 2.46 bits per heavy atom. The summed E-state index contributed by atoms with van der Waals surface area (Å²) in [6.45, 7) is 2.96. The van der Waals surface area contributed by atoms with E-state index in [1.54, 1.807) is 17.0 Å². The van der Waals surface area contributed by atoms with Crippen molar-refractivity contribution in [2.24, 2.45) is 23.0 Å². The number of rotatable bonds is 4. The van der Waals surface area contributed by atoms with Crippen LogP contribution in [0, 0.1) is 17.3 Å². The molecule has 7 heteroatoms. The highest BCUT2D eigenvalue weighted by molar-refractivity contribution is 6.05. The van der Waals surface area contributed by atoms with Crippen molar-refractivity contribution in [1.82, 2.24) is 10.2 Å². The van der Waals surface area contributed by atoms with Crippen LogP contribution in [-0.4, -0.2) is 48.8 Å². The highest BCUT2D eigenvalue weighted by Gasteiger charge is 2.57. The molecule has 2 saturated heterocycles. The van der Waals surface area contributed by atoms with Crippen molar-refractivity contribution in [1.29, 1.82) is 0 Å². The predicted molar refractivity (Wildman–Crippen MR) is 106 cm³/mol. The van der Waals surface area contributed by atoms with Crippen LogP contribution in [0.2, 0.25) is 0 Å². The Balaban J connectivity index is 1.42. The molecular formula is C21H28N4O3. The van der Waals surface area contributed by atoms with Crippen LogP contribution in [0.15, 0.2) is 24.3 Å². The average Bonchev–Trinajstić information content (AvgIpc) is 3.41. The monoisotopic (exact) mass is 384 g/mol. The minimum Gasteiger partial charge on any atom is -0.369 e. The minimum absolute atomic E-state index is 0.0228. The third-order valence-electron chi connectivity index (χ3n) is 6.71. The van der Waals surface area contributed by atoms with Crippen LogP contribution < -0.4 is 16.4 Å². The zero-order chi connectivity index (χ0) is 19.7. The molecule has 2 aliphatic heterocycles. The van der Waals surface area contributed by atoms with E-state index in [9.17, 15) is 14.4 Å². The number of hydrogen-bond donors (Lipinski definition) is 3. The molecular weight excluding hydrogens is 356 g/mol. The molecule has 1 aliphatic carbocycles. The fourth-order valence-corrected chi connectivity index (χ4v) is 4.73. The zero-order valence-electron chi connectivity index (χ0n) is 16.1. The van der Waals surface area contributed by atoms with Gasteiger partial charge in [0.25, 0.3) is 5.91 Å². The van der Waals surface area contributed by atoms with Crippen molar-refractivity contribution in [3.05, 3.63) is 29.8 Å². The number of nitrogens with zero attached hydrogens (tertiary/aromatic N) is 1. The summed E-state index contributed by atoms with van der Waals surface area (Å²) in [5.74, 6) is -0.490. The molecule has 0 aromatic heterocycles. The third kappa shape index (κ3) is 3.63. The van der Waals surface area contributed by atoms with Crippen molar-refractivity contribution >= 4 is 23.4 Å². The van der Waals surface area contributed by atoms with Crippen molar-refractivity contribution in [3.63, 3.8) is 0 Å². The standard InChI is InChI=1S/C21H28N4O3/c22-18(26)14-5-11-25(12-6-14)20(28)15-3-1-2-4-17(15)24-19(27)16-13-21(16)7-9-23-10-8-21/h1-4,14,16,23H,5-13H2,(H2,22,26)(H,24,27). The molecule has 1 spiro atoms. The van der Waals surface area contributed by atoms with Gasteiger partial charge in [-0.1, -0.05) is 12.1 Å². The SMILES string of the molecule is NC(=O)C1CCN(C(=O)c2ccccc2NC(=O)C2CC23CCNCC3)CC1. The Labute approximate surface area is 165 Å². The Morgan fingerprint density at radius 1 is 1.11 bits per heavy atom. The molecule has 3 amide bonds. The van der Waals surface area contributed by atoms with Crippen LogP contribution in [0.4, 0.5) is 5.69 Å². The van der Waals surface area contributed by atoms with Gasteiger partial charge in [0.1, 0.15) is 0 Å². The van der Waals surface area contributed by atoms with E-state index in [1.165, 1.54) is 0 Å². The quantitative estimate of drug-likeness (QED) is 0.729. The van der Waals surface area contributed by atoms with Crippen LogP contribution in [0.25, 0.3) is 0 Å². The number of amides is 3. The zero-order valence-corrected chi connectivity index (χ0v) is 16.1. The first kappa shape index (κ1) is 18.9. The second-order valence-corrected chi connectivity index (χ2v) is 8.37. The lowest BCUT2D eigenvalue weighted by Gasteiger charge is -2.31. The van der Waals surface area contributed by atoms with Gasteiger partial charge in [0.2, 0.25) is 11.8 Å². The molecule has 7 nitrogen and oxygen atoms in total. The summed E-state index contributed by atoms with van der Waals surface area (Å²) in [5.41, 5.74) is 6.62. The molecule has 0 bridgehead atoms. The molecule has 3 fully saturated rings. The smallest absolute Gasteiger partial charge is 0.255 e. The molecule has 1 unspecified atom stereocenters. The molecule has 1 saturated carbocycles. The van der Waals surface area contributed by atoms with E-state index in [2.05, 4.69) is 10.6 Å². The predicted octanol–water partition coefficient (Wildman–Crippen LogP) is 1.35. The van der Waals surface area contributed by atoms with Gasteiger partial charge in [-0.3, -0.25) is 14.4 Å². The molecule has 28 heavy (non-hydrogen) atoms. The summed E-state index contributed by atoms with van der Waals surface area (Å²) in [7, 11) is 0. The van der Waals surface area contributed by atoms with Crippen molar-refractivity contribution < 1.29 is 14.4 Å². The molecule has 4 N–H and O–H groups in total. The lowest BCUT2D eigenvalue weighted by Crippen LogP contribution is -2.42. The van der Waals surface area contributed by atoms with Gasteiger partial charge in [-0.05, 0) is 62.7 Å². The average molecular weight is 384 g/mol. The van der Waals surface area contributed by atoms with Crippen LogP contribution in [0.5, 0.6) is 0 Å². The second kappa shape index (κ2) is 7.54. The van der Waals surface area contributed by atoms with E-state index in [1.807, 2.05) is 12.1 Å². The number of carbonyl (C=O) groups is 3. The Morgan fingerprint density at radius 2 is 1.79 bits per heavy atom. The molecule has 1 aromatic rings. The summed E-state index contributed by atoms with van der Waals surface area (Å²) in [6.07, 6.45) is 4.21. The Kier molecular flexibility index (Phi) is 5.10. The summed E-state index contributed by atoms with van der Waals surface area (Å²) in [6, 6.07) is 7.19. The lowest BCUT2D eigenvalue weighted by molar-refractivity contribution is -0.123. The minimum atomic E-state index is -0.295. The van der Waals surface area contributed by atoms with Crippen LogP contribution >= 0.6 is 0 Å². The second-order valence-electron chi connectivity index (χ2n) is 8.37. The van der Waals surface area contributed by atoms with Crippen molar-refractivity contribution in [2.45, 2.75) is 32.1 Å². The van der Waals surface area contributed by atoms with E-state index < -0.39 is 0 Å². The van der Waals surface area contributed by atoms with Gasteiger partial charge in [0.05, 0.1) is 11.3 Å². The summed E-state index contributed by atoms with van der Waals surface area (Å²) >= 11 is 0. The van der Waals surface area contributed by atoms with Gasteiger partial charge in [-0.2, -0.15) is 0 Å². The number of hydrogen-bond acceptors (Lipinski definition) is 4. The van der Waals surface area contributed by atoms with E-state index in [0.29, 0.717) is 37.2 Å². The summed E-state index contributed by atoms with van der Waals surface area (Å²) in [4.78, 5) is 38.9. The number of piperidine rings is 2. The normalized spacial score (nSPS) is 24.0. The first-order valence-corrected chi connectivity index (χ1v) is 10.2. The maximum absolute atomic E-state index is 13.0. The van der Waals surface area contributed by atoms with E-state index >= 15 is 0 Å². The van der Waals surface area contributed by atoms with Crippen molar-refractivity contribution in [3.8, 4) is 0 Å². The van der Waals surface area contributed by atoms with Gasteiger partial charge >= 0.3 is 0 Å². The number of benzene rings is 1. The number of nitrogens with two attached hydrogens (primary N) is 1. The van der Waals surface area contributed by atoms with E-state index in [-0.39, 0.29) is 35.0 Å². The Bertz CT molecular complexity index is 780. The fourth-order valence-electron chi connectivity index (χ4n) is 4.73. The number of likely N-dealkylation sites (tertiary alicyclic amines) is 1. The summed E-state index contributed by atoms with van der Waals surface area (Å²) < 4.78 is 0. The van der Waals surface area contributed by atoms with Gasteiger partial charge in [-0.25, -0.2) is 0 Å². The number of para-hydroxylation sites is 1. The maximum Gasteiger partial charge on any atom is 0.255 e. The molecule has 0 radical (unpaired) electrons. The van der Waals surface area contributed by atoms with Crippen LogP contribution in [-0.2, 0) is 9.59 Å². The van der Waals surface area contributed by atoms with Crippen molar-refractivity contribution in [2.75, 3.05) is 31.5 Å². The van der Waals surface area contributed by atoms with Gasteiger partial charge in [0, 0.05) is 24.9 Å². The molecule has 150 valence electrons. The fraction of sp³-hybridized carbons (Fsp3) is 0.571. The highest BCUT2D eigenvalue weighted by Crippen LogP contribution is 2.58. The number of nitrogens with one attached hydrogen (secondary N) is 2. The summed E-state index contributed by atoms with van der Waals surface area (Å²) in [5, 5.41) is 6.36. The Hall–Kier alpha value is -2.41.